The van der Waals surface area contributed by atoms with Gasteiger partial charge in [-0.2, -0.15) is 5.10 Å². The summed E-state index contributed by atoms with van der Waals surface area (Å²) in [7, 11) is -3.78. The Labute approximate surface area is 154 Å². The maximum Gasteiger partial charge on any atom is 0.265 e. The molecule has 26 heavy (non-hydrogen) atoms. The number of para-hydroxylation sites is 1. The molecule has 0 unspecified atom stereocenters. The molecule has 5 nitrogen and oxygen atoms in total. The first-order valence-electron chi connectivity index (χ1n) is 8.53. The van der Waals surface area contributed by atoms with Crippen LogP contribution in [0, 0.1) is 13.8 Å². The Morgan fingerprint density at radius 1 is 0.962 bits per heavy atom. The lowest BCUT2D eigenvalue weighted by atomic mass is 10.1. The van der Waals surface area contributed by atoms with Gasteiger partial charge in [0.05, 0.1) is 5.69 Å². The number of anilines is 1. The molecule has 0 amide bonds. The van der Waals surface area contributed by atoms with Crippen molar-refractivity contribution in [2.45, 2.75) is 38.6 Å². The first-order valence-corrected chi connectivity index (χ1v) is 10.0. The van der Waals surface area contributed by atoms with Crippen molar-refractivity contribution < 1.29 is 8.42 Å². The standard InChI is InChI=1S/C20H23N3O2S/c1-14(2)23-13-18(20(21-23)17-11-6-5-7-12-17)26(24,25)22-19-15(3)9-8-10-16(19)4/h5-14,22H,1-4H3. The number of hydrogen-bond acceptors (Lipinski definition) is 3. The van der Waals surface area contributed by atoms with Crippen LogP contribution in [-0.2, 0) is 10.0 Å². The third-order valence-electron chi connectivity index (χ3n) is 4.28. The van der Waals surface area contributed by atoms with Crippen LogP contribution < -0.4 is 4.72 Å². The minimum Gasteiger partial charge on any atom is -0.279 e. The molecule has 1 aromatic heterocycles. The lowest BCUT2D eigenvalue weighted by Crippen LogP contribution is -2.15. The molecule has 3 rings (SSSR count). The normalized spacial score (nSPS) is 11.7. The molecule has 0 saturated heterocycles. The van der Waals surface area contributed by atoms with Crippen molar-refractivity contribution in [1.82, 2.24) is 9.78 Å². The highest BCUT2D eigenvalue weighted by Crippen LogP contribution is 2.30. The van der Waals surface area contributed by atoms with Crippen LogP contribution in [0.1, 0.15) is 31.0 Å². The highest BCUT2D eigenvalue weighted by Gasteiger charge is 2.25. The molecular weight excluding hydrogens is 346 g/mol. The van der Waals surface area contributed by atoms with Crippen LogP contribution in [0.15, 0.2) is 59.6 Å². The van der Waals surface area contributed by atoms with Gasteiger partial charge in [0, 0.05) is 17.8 Å². The minimum absolute atomic E-state index is 0.0570. The van der Waals surface area contributed by atoms with E-state index in [9.17, 15) is 8.42 Å². The Hall–Kier alpha value is -2.60. The van der Waals surface area contributed by atoms with E-state index in [0.717, 1.165) is 16.7 Å². The molecule has 0 spiro atoms. The number of aryl methyl sites for hydroxylation is 2. The van der Waals surface area contributed by atoms with E-state index in [-0.39, 0.29) is 10.9 Å². The summed E-state index contributed by atoms with van der Waals surface area (Å²) in [4.78, 5) is 0.181. The van der Waals surface area contributed by atoms with Gasteiger partial charge in [-0.3, -0.25) is 9.40 Å². The van der Waals surface area contributed by atoms with Crippen LogP contribution >= 0.6 is 0 Å². The largest absolute Gasteiger partial charge is 0.279 e. The second-order valence-corrected chi connectivity index (χ2v) is 8.30. The number of hydrogen-bond donors (Lipinski definition) is 1. The van der Waals surface area contributed by atoms with E-state index < -0.39 is 10.0 Å². The zero-order valence-electron chi connectivity index (χ0n) is 15.4. The molecular formula is C20H23N3O2S. The topological polar surface area (TPSA) is 64.0 Å². The summed E-state index contributed by atoms with van der Waals surface area (Å²) in [5.41, 5.74) is 3.60. The third-order valence-corrected chi connectivity index (χ3v) is 5.63. The van der Waals surface area contributed by atoms with Gasteiger partial charge in [0.2, 0.25) is 0 Å². The smallest absolute Gasteiger partial charge is 0.265 e. The average molecular weight is 369 g/mol. The molecule has 1 heterocycles. The number of nitrogens with zero attached hydrogens (tertiary/aromatic N) is 2. The lowest BCUT2D eigenvalue weighted by Gasteiger charge is -2.13. The van der Waals surface area contributed by atoms with Gasteiger partial charge in [-0.1, -0.05) is 48.5 Å². The fourth-order valence-electron chi connectivity index (χ4n) is 2.80. The second-order valence-electron chi connectivity index (χ2n) is 6.65. The number of aromatic nitrogens is 2. The molecule has 0 radical (unpaired) electrons. The fourth-order valence-corrected chi connectivity index (χ4v) is 4.16. The summed E-state index contributed by atoms with van der Waals surface area (Å²) in [6, 6.07) is 15.1. The maximum absolute atomic E-state index is 13.2. The Morgan fingerprint density at radius 2 is 1.58 bits per heavy atom. The summed E-state index contributed by atoms with van der Waals surface area (Å²) in [5.74, 6) is 0. The number of rotatable bonds is 5. The number of nitrogens with one attached hydrogen (secondary N) is 1. The van der Waals surface area contributed by atoms with Crippen LogP contribution in [0.2, 0.25) is 0 Å². The monoisotopic (exact) mass is 369 g/mol. The van der Waals surface area contributed by atoms with Crippen LogP contribution in [0.3, 0.4) is 0 Å². The van der Waals surface area contributed by atoms with Crippen molar-refractivity contribution >= 4 is 15.7 Å². The zero-order valence-corrected chi connectivity index (χ0v) is 16.2. The van der Waals surface area contributed by atoms with E-state index >= 15 is 0 Å². The predicted octanol–water partition coefficient (Wildman–Crippen LogP) is 4.55. The molecule has 0 fully saturated rings. The quantitative estimate of drug-likeness (QED) is 0.718. The molecule has 2 aromatic carbocycles. The van der Waals surface area contributed by atoms with Gasteiger partial charge in [0.15, 0.2) is 0 Å². The molecule has 0 atom stereocenters. The van der Waals surface area contributed by atoms with Crippen LogP contribution in [0.25, 0.3) is 11.3 Å². The molecule has 0 aliphatic carbocycles. The van der Waals surface area contributed by atoms with Crippen LogP contribution in [0.4, 0.5) is 5.69 Å². The van der Waals surface area contributed by atoms with Gasteiger partial charge < -0.3 is 0 Å². The van der Waals surface area contributed by atoms with Crippen molar-refractivity contribution in [3.05, 3.63) is 65.9 Å². The Morgan fingerprint density at radius 3 is 2.15 bits per heavy atom. The van der Waals surface area contributed by atoms with E-state index in [1.807, 2.05) is 76.2 Å². The molecule has 0 bridgehead atoms. The summed E-state index contributed by atoms with van der Waals surface area (Å²) in [6.07, 6.45) is 1.60. The van der Waals surface area contributed by atoms with Crippen molar-refractivity contribution in [3.8, 4) is 11.3 Å². The van der Waals surface area contributed by atoms with Gasteiger partial charge in [-0.25, -0.2) is 8.42 Å². The molecule has 3 aromatic rings. The molecule has 1 N–H and O–H groups in total. The van der Waals surface area contributed by atoms with Crippen molar-refractivity contribution in [2.24, 2.45) is 0 Å². The summed E-state index contributed by atoms with van der Waals surface area (Å²) < 4.78 is 30.8. The van der Waals surface area contributed by atoms with Gasteiger partial charge in [0.25, 0.3) is 10.0 Å². The number of benzene rings is 2. The Balaban J connectivity index is 2.13. The predicted molar refractivity (Wildman–Crippen MR) is 105 cm³/mol. The van der Waals surface area contributed by atoms with Crippen molar-refractivity contribution in [3.63, 3.8) is 0 Å². The van der Waals surface area contributed by atoms with Gasteiger partial charge in [-0.15, -0.1) is 0 Å². The van der Waals surface area contributed by atoms with Gasteiger partial charge in [-0.05, 0) is 38.8 Å². The van der Waals surface area contributed by atoms with Crippen molar-refractivity contribution in [1.29, 1.82) is 0 Å². The van der Waals surface area contributed by atoms with E-state index in [1.54, 1.807) is 10.9 Å². The molecule has 0 saturated carbocycles. The maximum atomic E-state index is 13.2. The minimum atomic E-state index is -3.78. The van der Waals surface area contributed by atoms with Crippen LogP contribution in [0.5, 0.6) is 0 Å². The summed E-state index contributed by atoms with van der Waals surface area (Å²) >= 11 is 0. The Bertz CT molecular complexity index is 1000. The highest BCUT2D eigenvalue weighted by molar-refractivity contribution is 7.92. The second kappa shape index (κ2) is 6.96. The van der Waals surface area contributed by atoms with E-state index in [2.05, 4.69) is 9.82 Å². The van der Waals surface area contributed by atoms with Gasteiger partial charge >= 0.3 is 0 Å². The molecule has 6 heteroatoms. The van der Waals surface area contributed by atoms with Gasteiger partial charge in [0.1, 0.15) is 10.6 Å². The van der Waals surface area contributed by atoms with E-state index in [4.69, 9.17) is 0 Å². The molecule has 136 valence electrons. The fraction of sp³-hybridized carbons (Fsp3) is 0.250. The highest BCUT2D eigenvalue weighted by atomic mass is 32.2. The number of sulfonamides is 1. The first-order chi connectivity index (χ1) is 12.3. The lowest BCUT2D eigenvalue weighted by molar-refractivity contribution is 0.532. The SMILES string of the molecule is Cc1cccc(C)c1NS(=O)(=O)c1cn(C(C)C)nc1-c1ccccc1. The average Bonchev–Trinajstić information content (AvgIpc) is 3.06. The third kappa shape index (κ3) is 3.51. The molecule has 0 aliphatic heterocycles. The zero-order chi connectivity index (χ0) is 18.9. The molecule has 0 aliphatic rings. The van der Waals surface area contributed by atoms with Crippen LogP contribution in [-0.4, -0.2) is 18.2 Å². The van der Waals surface area contributed by atoms with E-state index in [0.29, 0.717) is 11.4 Å². The Kier molecular flexibility index (Phi) is 4.87. The van der Waals surface area contributed by atoms with Crippen molar-refractivity contribution in [2.75, 3.05) is 4.72 Å². The van der Waals surface area contributed by atoms with E-state index in [1.165, 1.54) is 0 Å². The summed E-state index contributed by atoms with van der Waals surface area (Å²) in [5, 5.41) is 4.53. The summed E-state index contributed by atoms with van der Waals surface area (Å²) in [6.45, 7) is 7.72. The first kappa shape index (κ1) is 18.2.